The van der Waals surface area contributed by atoms with Crippen LogP contribution < -0.4 is 14.8 Å². The fourth-order valence-corrected chi connectivity index (χ4v) is 2.79. The highest BCUT2D eigenvalue weighted by Crippen LogP contribution is 2.35. The topological polar surface area (TPSA) is 90.7 Å². The molecule has 26 heavy (non-hydrogen) atoms. The summed E-state index contributed by atoms with van der Waals surface area (Å²) in [6.45, 7) is 3.98. The molecule has 0 saturated carbocycles. The summed E-state index contributed by atoms with van der Waals surface area (Å²) >= 11 is 0. The molecule has 138 valence electrons. The molecule has 0 aliphatic rings. The number of carbonyl (C=O) groups excluding carboxylic acids is 1. The standard InChI is InChI=1S/C19H22N2O5/c1-5-12-8-7-9-13(6-2)18(12)20-19(22)14-10-16(25-3)17(26-4)11-15(14)21(23)24/h7-11H,5-6H2,1-4H3,(H,20,22). The minimum absolute atomic E-state index is 0.0828. The first-order valence-corrected chi connectivity index (χ1v) is 8.29. The zero-order valence-electron chi connectivity index (χ0n) is 15.3. The van der Waals surface area contributed by atoms with Crippen molar-refractivity contribution in [2.75, 3.05) is 19.5 Å². The molecule has 0 unspecified atom stereocenters. The molecular weight excluding hydrogens is 336 g/mol. The van der Waals surface area contributed by atoms with Crippen molar-refractivity contribution in [3.63, 3.8) is 0 Å². The van der Waals surface area contributed by atoms with Crippen molar-refractivity contribution in [2.24, 2.45) is 0 Å². The molecule has 0 radical (unpaired) electrons. The van der Waals surface area contributed by atoms with Gasteiger partial charge < -0.3 is 14.8 Å². The molecule has 0 spiro atoms. The summed E-state index contributed by atoms with van der Waals surface area (Å²) in [6, 6.07) is 8.31. The van der Waals surface area contributed by atoms with Gasteiger partial charge in [0.1, 0.15) is 5.56 Å². The third-order valence-electron chi connectivity index (χ3n) is 4.18. The Hall–Kier alpha value is -3.09. The molecule has 2 aromatic rings. The molecule has 2 aromatic carbocycles. The van der Waals surface area contributed by atoms with E-state index in [1.807, 2.05) is 32.0 Å². The second-order valence-electron chi connectivity index (χ2n) is 5.59. The smallest absolute Gasteiger partial charge is 0.286 e. The number of methoxy groups -OCH3 is 2. The van der Waals surface area contributed by atoms with Crippen LogP contribution in [0.5, 0.6) is 11.5 Å². The van der Waals surface area contributed by atoms with Crippen molar-refractivity contribution >= 4 is 17.3 Å². The van der Waals surface area contributed by atoms with Gasteiger partial charge in [-0.05, 0) is 24.0 Å². The Balaban J connectivity index is 2.52. The highest BCUT2D eigenvalue weighted by Gasteiger charge is 2.25. The summed E-state index contributed by atoms with van der Waals surface area (Å²) in [5.74, 6) is -0.116. The van der Waals surface area contributed by atoms with Crippen LogP contribution in [-0.2, 0) is 12.8 Å². The Morgan fingerprint density at radius 2 is 1.62 bits per heavy atom. The lowest BCUT2D eigenvalue weighted by molar-refractivity contribution is -0.385. The first-order chi connectivity index (χ1) is 12.5. The fraction of sp³-hybridized carbons (Fsp3) is 0.316. The van der Waals surface area contributed by atoms with Crippen molar-refractivity contribution in [3.05, 3.63) is 57.1 Å². The monoisotopic (exact) mass is 358 g/mol. The number of aryl methyl sites for hydroxylation is 2. The molecule has 2 rings (SSSR count). The molecule has 0 saturated heterocycles. The maximum atomic E-state index is 12.8. The molecule has 0 aliphatic carbocycles. The lowest BCUT2D eigenvalue weighted by Crippen LogP contribution is -2.17. The maximum Gasteiger partial charge on any atom is 0.286 e. The zero-order chi connectivity index (χ0) is 19.3. The van der Waals surface area contributed by atoms with E-state index in [2.05, 4.69) is 5.32 Å². The van der Waals surface area contributed by atoms with Crippen LogP contribution in [0.2, 0.25) is 0 Å². The molecule has 0 atom stereocenters. The molecular formula is C19H22N2O5. The summed E-state index contributed by atoms with van der Waals surface area (Å²) in [5.41, 5.74) is 2.22. The van der Waals surface area contributed by atoms with Crippen LogP contribution in [0, 0.1) is 10.1 Å². The minimum atomic E-state index is -0.608. The van der Waals surface area contributed by atoms with Gasteiger partial charge in [0.25, 0.3) is 11.6 Å². The number of nitro benzene ring substituents is 1. The molecule has 0 fully saturated rings. The number of rotatable bonds is 7. The largest absolute Gasteiger partial charge is 0.493 e. The first-order valence-electron chi connectivity index (χ1n) is 8.29. The van der Waals surface area contributed by atoms with E-state index in [4.69, 9.17) is 9.47 Å². The van der Waals surface area contributed by atoms with Gasteiger partial charge in [0.15, 0.2) is 11.5 Å². The molecule has 0 aliphatic heterocycles. The number of nitro groups is 1. The van der Waals surface area contributed by atoms with Gasteiger partial charge in [0, 0.05) is 11.8 Å². The van der Waals surface area contributed by atoms with Gasteiger partial charge in [-0.1, -0.05) is 32.0 Å². The maximum absolute atomic E-state index is 12.8. The Kier molecular flexibility index (Phi) is 6.16. The predicted molar refractivity (Wildman–Crippen MR) is 99.4 cm³/mol. The SMILES string of the molecule is CCc1cccc(CC)c1NC(=O)c1cc(OC)c(OC)cc1[N+](=O)[O-]. The molecule has 0 heterocycles. The van der Waals surface area contributed by atoms with Gasteiger partial charge in [-0.25, -0.2) is 0 Å². The van der Waals surface area contributed by atoms with Gasteiger partial charge in [-0.3, -0.25) is 14.9 Å². The van der Waals surface area contributed by atoms with Crippen LogP contribution in [0.3, 0.4) is 0 Å². The third-order valence-corrected chi connectivity index (χ3v) is 4.18. The van der Waals surface area contributed by atoms with E-state index in [1.54, 1.807) is 0 Å². The lowest BCUT2D eigenvalue weighted by atomic mass is 10.0. The summed E-state index contributed by atoms with van der Waals surface area (Å²) in [4.78, 5) is 23.6. The van der Waals surface area contributed by atoms with Crippen LogP contribution in [0.15, 0.2) is 30.3 Å². The van der Waals surface area contributed by atoms with Crippen LogP contribution in [-0.4, -0.2) is 25.1 Å². The van der Waals surface area contributed by atoms with Gasteiger partial charge in [-0.15, -0.1) is 0 Å². The first kappa shape index (κ1) is 19.2. The number of para-hydroxylation sites is 1. The molecule has 0 aromatic heterocycles. The number of ether oxygens (including phenoxy) is 2. The van der Waals surface area contributed by atoms with Gasteiger partial charge >= 0.3 is 0 Å². The molecule has 1 N–H and O–H groups in total. The third kappa shape index (κ3) is 3.77. The number of nitrogens with zero attached hydrogens (tertiary/aromatic N) is 1. The van der Waals surface area contributed by atoms with Crippen molar-refractivity contribution in [1.29, 1.82) is 0 Å². The highest BCUT2D eigenvalue weighted by atomic mass is 16.6. The van der Waals surface area contributed by atoms with E-state index in [0.717, 1.165) is 24.0 Å². The quantitative estimate of drug-likeness (QED) is 0.597. The number of hydrogen-bond donors (Lipinski definition) is 1. The molecule has 7 heteroatoms. The van der Waals surface area contributed by atoms with E-state index < -0.39 is 10.8 Å². The van der Waals surface area contributed by atoms with Crippen LogP contribution in [0.1, 0.15) is 35.3 Å². The molecule has 7 nitrogen and oxygen atoms in total. The van der Waals surface area contributed by atoms with Gasteiger partial charge in [-0.2, -0.15) is 0 Å². The average molecular weight is 358 g/mol. The van der Waals surface area contributed by atoms with E-state index in [9.17, 15) is 14.9 Å². The molecule has 1 amide bonds. The molecule has 0 bridgehead atoms. The number of carbonyl (C=O) groups is 1. The minimum Gasteiger partial charge on any atom is -0.493 e. The summed E-state index contributed by atoms with van der Waals surface area (Å²) in [7, 11) is 2.79. The van der Waals surface area contributed by atoms with Crippen molar-refractivity contribution < 1.29 is 19.2 Å². The fourth-order valence-electron chi connectivity index (χ4n) is 2.79. The van der Waals surface area contributed by atoms with E-state index in [1.165, 1.54) is 26.4 Å². The van der Waals surface area contributed by atoms with E-state index in [0.29, 0.717) is 5.69 Å². The zero-order valence-corrected chi connectivity index (χ0v) is 15.3. The normalized spacial score (nSPS) is 10.3. The van der Waals surface area contributed by atoms with Gasteiger partial charge in [0.2, 0.25) is 0 Å². The van der Waals surface area contributed by atoms with Crippen LogP contribution in [0.25, 0.3) is 0 Å². The second-order valence-corrected chi connectivity index (χ2v) is 5.59. The predicted octanol–water partition coefficient (Wildman–Crippen LogP) is 3.99. The van der Waals surface area contributed by atoms with Crippen LogP contribution in [0.4, 0.5) is 11.4 Å². The Morgan fingerprint density at radius 3 is 2.08 bits per heavy atom. The number of anilines is 1. The summed E-state index contributed by atoms with van der Waals surface area (Å²) in [6.07, 6.45) is 1.47. The van der Waals surface area contributed by atoms with E-state index in [-0.39, 0.29) is 22.7 Å². The Bertz CT molecular complexity index is 811. The lowest BCUT2D eigenvalue weighted by Gasteiger charge is -2.15. The van der Waals surface area contributed by atoms with Crippen molar-refractivity contribution in [1.82, 2.24) is 0 Å². The number of nitrogens with one attached hydrogen (secondary N) is 1. The number of amides is 1. The Morgan fingerprint density at radius 1 is 1.08 bits per heavy atom. The summed E-state index contributed by atoms with van der Waals surface area (Å²) < 4.78 is 10.3. The Labute approximate surface area is 152 Å². The number of benzene rings is 2. The number of hydrogen-bond acceptors (Lipinski definition) is 5. The van der Waals surface area contributed by atoms with E-state index >= 15 is 0 Å². The second kappa shape index (κ2) is 8.33. The van der Waals surface area contributed by atoms with Crippen molar-refractivity contribution in [2.45, 2.75) is 26.7 Å². The van der Waals surface area contributed by atoms with Gasteiger partial charge in [0.05, 0.1) is 25.2 Å². The van der Waals surface area contributed by atoms with Crippen LogP contribution >= 0.6 is 0 Å². The van der Waals surface area contributed by atoms with Crippen molar-refractivity contribution in [3.8, 4) is 11.5 Å². The average Bonchev–Trinajstić information content (AvgIpc) is 2.66. The summed E-state index contributed by atoms with van der Waals surface area (Å²) in [5, 5.41) is 14.3. The highest BCUT2D eigenvalue weighted by molar-refractivity contribution is 6.08.